The summed E-state index contributed by atoms with van der Waals surface area (Å²) in [5.41, 5.74) is 7.13. The molecule has 160 valence electrons. The molecule has 4 aliphatic rings. The number of fused-ring (bicyclic) bond motifs is 5. The molecule has 3 saturated heterocycles. The molecule has 0 bridgehead atoms. The number of thioether (sulfide) groups is 1. The van der Waals surface area contributed by atoms with Crippen molar-refractivity contribution in [2.75, 3.05) is 0 Å². The molecule has 9 atom stereocenters. The van der Waals surface area contributed by atoms with E-state index in [1.54, 1.807) is 23.9 Å². The van der Waals surface area contributed by atoms with Crippen LogP contribution in [0.2, 0.25) is 5.02 Å². The largest absolute Gasteiger partial charge is 0.304 e. The zero-order valence-electron chi connectivity index (χ0n) is 16.3. The van der Waals surface area contributed by atoms with Gasteiger partial charge in [-0.2, -0.15) is 0 Å². The van der Waals surface area contributed by atoms with E-state index in [2.05, 4.69) is 34.9 Å². The van der Waals surface area contributed by atoms with Gasteiger partial charge in [-0.05, 0) is 44.7 Å². The van der Waals surface area contributed by atoms with Crippen molar-refractivity contribution >= 4 is 23.4 Å². The van der Waals surface area contributed by atoms with E-state index < -0.39 is 12.3 Å². The monoisotopic (exact) mass is 446 g/mol. The van der Waals surface area contributed by atoms with Gasteiger partial charge in [0.25, 0.3) is 0 Å². The quantitative estimate of drug-likeness (QED) is 0.641. The van der Waals surface area contributed by atoms with Crippen molar-refractivity contribution in [1.82, 2.24) is 21.1 Å². The molecule has 0 amide bonds. The van der Waals surface area contributed by atoms with Gasteiger partial charge in [0.15, 0.2) is 0 Å². The normalized spacial score (nSPS) is 44.6. The maximum absolute atomic E-state index is 15.0. The van der Waals surface area contributed by atoms with Crippen LogP contribution in [0.3, 0.4) is 0 Å². The maximum Gasteiger partial charge on any atom is 0.241 e. The molecule has 1 aromatic rings. The average molecular weight is 447 g/mol. The highest BCUT2D eigenvalue weighted by Gasteiger charge is 2.59. The van der Waals surface area contributed by atoms with Crippen molar-refractivity contribution in [2.45, 2.75) is 68.2 Å². The molecule has 0 aromatic heterocycles. The standard InChI is InChI=1S/C20H26ClF3N4S/c1-8-19-27-26-9(2)28(19)20-15(11-6-10(18(23)24)7-14(11)29-20)17(25-8)16-12(21)4-3-5-13(16)22/h3-5,8-11,14-15,17-20,25-27H,6-7H2,1-2H3/t8-,9?,10+,11?,14?,15?,17?,19?,20?/m0/s1. The first kappa shape index (κ1) is 20.4. The lowest BCUT2D eigenvalue weighted by Crippen LogP contribution is -2.51. The number of alkyl halides is 2. The van der Waals surface area contributed by atoms with Gasteiger partial charge >= 0.3 is 0 Å². The fourth-order valence-corrected chi connectivity index (χ4v) is 8.41. The molecule has 0 spiro atoms. The van der Waals surface area contributed by atoms with Gasteiger partial charge in [0.05, 0.1) is 17.7 Å². The molecule has 7 unspecified atom stereocenters. The number of halogens is 4. The van der Waals surface area contributed by atoms with Crippen molar-refractivity contribution in [1.29, 1.82) is 0 Å². The van der Waals surface area contributed by atoms with E-state index in [-0.39, 0.29) is 52.7 Å². The van der Waals surface area contributed by atoms with Gasteiger partial charge in [-0.3, -0.25) is 4.90 Å². The number of hydrogen-bond donors (Lipinski definition) is 3. The second kappa shape index (κ2) is 7.57. The number of hydrogen-bond acceptors (Lipinski definition) is 5. The lowest BCUT2D eigenvalue weighted by molar-refractivity contribution is 0.0710. The van der Waals surface area contributed by atoms with Crippen LogP contribution in [0.25, 0.3) is 0 Å². The third kappa shape index (κ3) is 3.22. The molecule has 4 nitrogen and oxygen atoms in total. The first-order valence-corrected chi connectivity index (χ1v) is 11.6. The molecule has 1 aliphatic carbocycles. The smallest absolute Gasteiger partial charge is 0.241 e. The van der Waals surface area contributed by atoms with Crippen molar-refractivity contribution in [3.05, 3.63) is 34.6 Å². The van der Waals surface area contributed by atoms with E-state index in [4.69, 9.17) is 11.6 Å². The summed E-state index contributed by atoms with van der Waals surface area (Å²) >= 11 is 8.28. The summed E-state index contributed by atoms with van der Waals surface area (Å²) in [5.74, 6) is -0.798. The van der Waals surface area contributed by atoms with Crippen molar-refractivity contribution in [2.24, 2.45) is 17.8 Å². The summed E-state index contributed by atoms with van der Waals surface area (Å²) in [4.78, 5) is 2.40. The second-order valence-electron chi connectivity index (χ2n) is 8.80. The van der Waals surface area contributed by atoms with Crippen molar-refractivity contribution in [3.63, 3.8) is 0 Å². The van der Waals surface area contributed by atoms with Crippen molar-refractivity contribution < 1.29 is 13.2 Å². The topological polar surface area (TPSA) is 39.3 Å². The van der Waals surface area contributed by atoms with Crippen molar-refractivity contribution in [3.8, 4) is 0 Å². The van der Waals surface area contributed by atoms with Gasteiger partial charge in [0.2, 0.25) is 6.43 Å². The van der Waals surface area contributed by atoms with Gasteiger partial charge in [-0.15, -0.1) is 11.8 Å². The molecule has 9 heteroatoms. The van der Waals surface area contributed by atoms with Gasteiger partial charge in [0, 0.05) is 39.8 Å². The van der Waals surface area contributed by atoms with E-state index in [1.165, 1.54) is 6.07 Å². The fourth-order valence-electron chi connectivity index (χ4n) is 5.93. The third-order valence-corrected chi connectivity index (χ3v) is 9.25. The van der Waals surface area contributed by atoms with Crippen LogP contribution in [0, 0.1) is 23.6 Å². The minimum atomic E-state index is -2.30. The number of nitrogens with one attached hydrogen (secondary N) is 3. The molecule has 3 aliphatic heterocycles. The molecule has 29 heavy (non-hydrogen) atoms. The minimum absolute atomic E-state index is 0.000231. The van der Waals surface area contributed by atoms with E-state index in [0.717, 1.165) is 0 Å². The molecule has 1 aromatic carbocycles. The first-order valence-electron chi connectivity index (χ1n) is 10.3. The Kier molecular flexibility index (Phi) is 5.32. The number of hydrazine groups is 1. The lowest BCUT2D eigenvalue weighted by Gasteiger charge is -2.36. The van der Waals surface area contributed by atoms with E-state index in [9.17, 15) is 13.2 Å². The van der Waals surface area contributed by atoms with E-state index >= 15 is 0 Å². The minimum Gasteiger partial charge on any atom is -0.304 e. The van der Waals surface area contributed by atoms with Crippen LogP contribution < -0.4 is 16.2 Å². The van der Waals surface area contributed by atoms with Crippen LogP contribution in [0.5, 0.6) is 0 Å². The highest BCUT2D eigenvalue weighted by Crippen LogP contribution is 2.60. The molecule has 3 N–H and O–H groups in total. The summed E-state index contributed by atoms with van der Waals surface area (Å²) in [6, 6.07) is 4.46. The highest BCUT2D eigenvalue weighted by atomic mass is 35.5. The van der Waals surface area contributed by atoms with Crippen LogP contribution >= 0.6 is 23.4 Å². The Bertz CT molecular complexity index is 766. The van der Waals surface area contributed by atoms with Crippen LogP contribution in [-0.2, 0) is 0 Å². The summed E-state index contributed by atoms with van der Waals surface area (Å²) in [6.07, 6.45) is -1.15. The Morgan fingerprint density at radius 1 is 1.21 bits per heavy atom. The first-order chi connectivity index (χ1) is 13.9. The Morgan fingerprint density at radius 2 is 2.00 bits per heavy atom. The maximum atomic E-state index is 15.0. The Morgan fingerprint density at radius 3 is 2.72 bits per heavy atom. The molecule has 5 rings (SSSR count). The fraction of sp³-hybridized carbons (Fsp3) is 0.700. The average Bonchev–Trinajstić information content (AvgIpc) is 3.30. The molecule has 3 heterocycles. The zero-order valence-corrected chi connectivity index (χ0v) is 17.9. The molecule has 1 saturated carbocycles. The number of rotatable bonds is 2. The lowest BCUT2D eigenvalue weighted by atomic mass is 9.80. The third-order valence-electron chi connectivity index (χ3n) is 7.20. The Balaban J connectivity index is 1.59. The second-order valence-corrected chi connectivity index (χ2v) is 10.6. The summed E-state index contributed by atoms with van der Waals surface area (Å²) in [5, 5.41) is 4.29. The Hall–Kier alpha value is -0.510. The summed E-state index contributed by atoms with van der Waals surface area (Å²) in [7, 11) is 0. The Labute approximate surface area is 178 Å². The number of nitrogens with zero attached hydrogens (tertiary/aromatic N) is 1. The van der Waals surface area contributed by atoms with Gasteiger partial charge in [-0.25, -0.2) is 24.0 Å². The molecule has 4 fully saturated rings. The van der Waals surface area contributed by atoms with Gasteiger partial charge < -0.3 is 5.32 Å². The zero-order chi connectivity index (χ0) is 20.4. The van der Waals surface area contributed by atoms with Crippen LogP contribution in [0.15, 0.2) is 18.2 Å². The van der Waals surface area contributed by atoms with E-state index in [1.807, 2.05) is 0 Å². The van der Waals surface area contributed by atoms with Crippen LogP contribution in [-0.4, -0.2) is 40.3 Å². The summed E-state index contributed by atoms with van der Waals surface area (Å²) in [6.45, 7) is 4.18. The van der Waals surface area contributed by atoms with Gasteiger partial charge in [-0.1, -0.05) is 17.7 Å². The summed E-state index contributed by atoms with van der Waals surface area (Å²) < 4.78 is 42.0. The highest BCUT2D eigenvalue weighted by molar-refractivity contribution is 8.00. The molecule has 0 radical (unpaired) electrons. The van der Waals surface area contributed by atoms with Crippen LogP contribution in [0.1, 0.15) is 38.3 Å². The van der Waals surface area contributed by atoms with Gasteiger partial charge in [0.1, 0.15) is 5.82 Å². The number of benzene rings is 1. The SMILES string of the molecule is CC1NNC2[C@H](C)NC(c3c(F)cccc3Cl)C3C4C[C@@H](C(F)F)CC4SC3N12. The van der Waals surface area contributed by atoms with E-state index in [0.29, 0.717) is 23.4 Å². The van der Waals surface area contributed by atoms with Crippen LogP contribution in [0.4, 0.5) is 13.2 Å². The predicted molar refractivity (Wildman–Crippen MR) is 109 cm³/mol. The molecular formula is C20H26ClF3N4S. The molecular weight excluding hydrogens is 421 g/mol. The predicted octanol–water partition coefficient (Wildman–Crippen LogP) is 3.94.